The Kier molecular flexibility index (Phi) is 5.80. The molecule has 2 N–H and O–H groups in total. The van der Waals surface area contributed by atoms with Crippen molar-refractivity contribution in [2.45, 2.75) is 52.1 Å². The Labute approximate surface area is 128 Å². The molecule has 116 valence electrons. The highest BCUT2D eigenvalue weighted by atomic mass is 16.2. The van der Waals surface area contributed by atoms with Crippen LogP contribution >= 0.6 is 0 Å². The van der Waals surface area contributed by atoms with Crippen molar-refractivity contribution in [3.05, 3.63) is 35.4 Å². The lowest BCUT2D eigenvalue weighted by Crippen LogP contribution is -3.09. The predicted octanol–water partition coefficient (Wildman–Crippen LogP) is 1.70. The summed E-state index contributed by atoms with van der Waals surface area (Å²) in [6.07, 6.45) is 4.95. The van der Waals surface area contributed by atoms with E-state index in [0.717, 1.165) is 13.0 Å². The maximum atomic E-state index is 12.2. The SMILES string of the molecule is Cc1ccccc1C[NH+](C)CC(=O)N[C@H]1CCCC[C@@H]1C. The van der Waals surface area contributed by atoms with E-state index < -0.39 is 0 Å². The van der Waals surface area contributed by atoms with Gasteiger partial charge in [0.05, 0.1) is 7.05 Å². The largest absolute Gasteiger partial charge is 0.348 e. The molecule has 1 aliphatic carbocycles. The summed E-state index contributed by atoms with van der Waals surface area (Å²) in [6.45, 7) is 5.85. The average molecular weight is 289 g/mol. The molecule has 3 nitrogen and oxygen atoms in total. The topological polar surface area (TPSA) is 33.5 Å². The Morgan fingerprint density at radius 3 is 2.71 bits per heavy atom. The van der Waals surface area contributed by atoms with Gasteiger partial charge in [-0.2, -0.15) is 0 Å². The molecule has 2 rings (SSSR count). The van der Waals surface area contributed by atoms with Gasteiger partial charge in [0, 0.05) is 11.6 Å². The van der Waals surface area contributed by atoms with Gasteiger partial charge in [-0.05, 0) is 31.2 Å². The first-order chi connectivity index (χ1) is 10.1. The zero-order valence-corrected chi connectivity index (χ0v) is 13.6. The van der Waals surface area contributed by atoms with Crippen LogP contribution in [0.5, 0.6) is 0 Å². The van der Waals surface area contributed by atoms with Crippen molar-refractivity contribution in [1.82, 2.24) is 5.32 Å². The number of rotatable bonds is 5. The standard InChI is InChI=1S/C18H28N2O/c1-14-8-4-6-10-16(14)12-20(3)13-18(21)19-17-11-7-5-9-15(17)2/h4,6,8,10,15,17H,5,7,9,11-13H2,1-3H3,(H,19,21)/p+1/t15-,17-/m0/s1. The minimum atomic E-state index is 0.194. The Balaban J connectivity index is 1.80. The molecule has 0 heterocycles. The number of amides is 1. The first kappa shape index (κ1) is 16.0. The second-order valence-electron chi connectivity index (χ2n) is 6.67. The number of quaternary nitrogens is 1. The van der Waals surface area contributed by atoms with E-state index in [1.807, 2.05) is 0 Å². The van der Waals surface area contributed by atoms with Gasteiger partial charge < -0.3 is 10.2 Å². The lowest BCUT2D eigenvalue weighted by molar-refractivity contribution is -0.885. The molecule has 0 bridgehead atoms. The molecular formula is C18H29N2O+. The number of nitrogens with one attached hydrogen (secondary N) is 2. The maximum absolute atomic E-state index is 12.2. The van der Waals surface area contributed by atoms with Gasteiger partial charge in [-0.3, -0.25) is 4.79 Å². The molecule has 0 radical (unpaired) electrons. The number of likely N-dealkylation sites (N-methyl/N-ethyl adjacent to an activating group) is 1. The van der Waals surface area contributed by atoms with Crippen molar-refractivity contribution in [3.63, 3.8) is 0 Å². The van der Waals surface area contributed by atoms with Gasteiger partial charge in [-0.1, -0.05) is 44.0 Å². The molecule has 1 unspecified atom stereocenters. The monoisotopic (exact) mass is 289 g/mol. The van der Waals surface area contributed by atoms with Gasteiger partial charge in [0.15, 0.2) is 6.54 Å². The summed E-state index contributed by atoms with van der Waals surface area (Å²) in [5, 5.41) is 3.24. The van der Waals surface area contributed by atoms with Crippen molar-refractivity contribution in [1.29, 1.82) is 0 Å². The van der Waals surface area contributed by atoms with Crippen LogP contribution in [0.4, 0.5) is 0 Å². The van der Waals surface area contributed by atoms with Crippen molar-refractivity contribution in [2.75, 3.05) is 13.6 Å². The fourth-order valence-corrected chi connectivity index (χ4v) is 3.26. The highest BCUT2D eigenvalue weighted by Gasteiger charge is 2.23. The van der Waals surface area contributed by atoms with Crippen molar-refractivity contribution < 1.29 is 9.69 Å². The summed E-state index contributed by atoms with van der Waals surface area (Å²) in [4.78, 5) is 13.5. The molecule has 1 aliphatic rings. The fourth-order valence-electron chi connectivity index (χ4n) is 3.26. The molecule has 3 atom stereocenters. The summed E-state index contributed by atoms with van der Waals surface area (Å²) in [5.41, 5.74) is 2.63. The zero-order chi connectivity index (χ0) is 15.2. The van der Waals surface area contributed by atoms with Gasteiger partial charge >= 0.3 is 0 Å². The number of carbonyl (C=O) groups is 1. The van der Waals surface area contributed by atoms with Crippen LogP contribution in [0.25, 0.3) is 0 Å². The summed E-state index contributed by atoms with van der Waals surface area (Å²) in [6, 6.07) is 8.80. The maximum Gasteiger partial charge on any atom is 0.275 e. The Morgan fingerprint density at radius 1 is 1.29 bits per heavy atom. The molecule has 3 heteroatoms. The van der Waals surface area contributed by atoms with Gasteiger partial charge in [0.2, 0.25) is 0 Å². The number of hydrogen-bond donors (Lipinski definition) is 2. The Bertz CT molecular complexity index is 472. The summed E-state index contributed by atoms with van der Waals surface area (Å²) in [5.74, 6) is 0.819. The highest BCUT2D eigenvalue weighted by Crippen LogP contribution is 2.23. The van der Waals surface area contributed by atoms with Crippen LogP contribution in [-0.2, 0) is 11.3 Å². The van der Waals surface area contributed by atoms with Crippen molar-refractivity contribution in [3.8, 4) is 0 Å². The van der Waals surface area contributed by atoms with Crippen LogP contribution in [0.3, 0.4) is 0 Å². The molecule has 21 heavy (non-hydrogen) atoms. The predicted molar refractivity (Wildman–Crippen MR) is 86.2 cm³/mol. The van der Waals surface area contributed by atoms with E-state index in [-0.39, 0.29) is 5.91 Å². The third kappa shape index (κ3) is 4.85. The zero-order valence-electron chi connectivity index (χ0n) is 13.6. The van der Waals surface area contributed by atoms with Crippen molar-refractivity contribution >= 4 is 5.91 Å². The molecular weight excluding hydrogens is 260 g/mol. The number of carbonyl (C=O) groups excluding carboxylic acids is 1. The second-order valence-corrected chi connectivity index (χ2v) is 6.67. The Hall–Kier alpha value is -1.35. The quantitative estimate of drug-likeness (QED) is 0.850. The smallest absolute Gasteiger partial charge is 0.275 e. The molecule has 0 aliphatic heterocycles. The van der Waals surface area contributed by atoms with E-state index in [2.05, 4.69) is 50.5 Å². The van der Waals surface area contributed by atoms with E-state index in [0.29, 0.717) is 18.5 Å². The normalized spacial score (nSPS) is 23.6. The molecule has 1 aromatic carbocycles. The summed E-state index contributed by atoms with van der Waals surface area (Å²) >= 11 is 0. The van der Waals surface area contributed by atoms with Crippen LogP contribution in [0.1, 0.15) is 43.7 Å². The van der Waals surface area contributed by atoms with Gasteiger partial charge in [0.25, 0.3) is 5.91 Å². The average Bonchev–Trinajstić information content (AvgIpc) is 2.44. The molecule has 1 aromatic rings. The van der Waals surface area contributed by atoms with Crippen LogP contribution in [-0.4, -0.2) is 25.5 Å². The van der Waals surface area contributed by atoms with Crippen LogP contribution < -0.4 is 10.2 Å². The van der Waals surface area contributed by atoms with E-state index in [1.165, 1.54) is 35.3 Å². The molecule has 1 saturated carbocycles. The first-order valence-electron chi connectivity index (χ1n) is 8.21. The van der Waals surface area contributed by atoms with Crippen LogP contribution in [0, 0.1) is 12.8 Å². The van der Waals surface area contributed by atoms with E-state index >= 15 is 0 Å². The molecule has 0 saturated heterocycles. The number of hydrogen-bond acceptors (Lipinski definition) is 1. The lowest BCUT2D eigenvalue weighted by atomic mass is 9.86. The first-order valence-corrected chi connectivity index (χ1v) is 8.21. The third-order valence-electron chi connectivity index (χ3n) is 4.67. The van der Waals surface area contributed by atoms with E-state index in [1.54, 1.807) is 0 Å². The minimum Gasteiger partial charge on any atom is -0.348 e. The fraction of sp³-hybridized carbons (Fsp3) is 0.611. The number of aryl methyl sites for hydroxylation is 1. The molecule has 1 fully saturated rings. The van der Waals surface area contributed by atoms with E-state index in [9.17, 15) is 4.79 Å². The van der Waals surface area contributed by atoms with Gasteiger partial charge in [-0.25, -0.2) is 0 Å². The lowest BCUT2D eigenvalue weighted by Gasteiger charge is -2.29. The van der Waals surface area contributed by atoms with Gasteiger partial charge in [0.1, 0.15) is 6.54 Å². The molecule has 1 amide bonds. The summed E-state index contributed by atoms with van der Waals surface area (Å²) in [7, 11) is 2.09. The van der Waals surface area contributed by atoms with Crippen LogP contribution in [0.15, 0.2) is 24.3 Å². The Morgan fingerprint density at radius 2 is 2.00 bits per heavy atom. The van der Waals surface area contributed by atoms with Gasteiger partial charge in [-0.15, -0.1) is 0 Å². The van der Waals surface area contributed by atoms with Crippen molar-refractivity contribution in [2.24, 2.45) is 5.92 Å². The number of benzene rings is 1. The second kappa shape index (κ2) is 7.60. The van der Waals surface area contributed by atoms with E-state index in [4.69, 9.17) is 0 Å². The van der Waals surface area contributed by atoms with Crippen LogP contribution in [0.2, 0.25) is 0 Å². The minimum absolute atomic E-state index is 0.194. The molecule has 0 spiro atoms. The highest BCUT2D eigenvalue weighted by molar-refractivity contribution is 5.77. The third-order valence-corrected chi connectivity index (χ3v) is 4.67. The summed E-state index contributed by atoms with van der Waals surface area (Å²) < 4.78 is 0. The molecule has 0 aromatic heterocycles.